The molecule has 0 saturated carbocycles. The number of carbonyl (C=O) groups is 1. The Morgan fingerprint density at radius 2 is 2.28 bits per heavy atom. The zero-order chi connectivity index (χ0) is 13.0. The molecule has 0 atom stereocenters. The number of amides is 1. The first-order valence-electron chi connectivity index (χ1n) is 5.45. The second-order valence-corrected chi connectivity index (χ2v) is 3.90. The van der Waals surface area contributed by atoms with Crippen LogP contribution in [0.3, 0.4) is 0 Å². The molecule has 2 rings (SSSR count). The summed E-state index contributed by atoms with van der Waals surface area (Å²) in [6.45, 7) is 1.86. The third kappa shape index (κ3) is 3.31. The molecule has 94 valence electrons. The molecule has 0 radical (unpaired) electrons. The number of aromatic amines is 1. The Labute approximate surface area is 103 Å². The lowest BCUT2D eigenvalue weighted by atomic mass is 10.3. The second kappa shape index (κ2) is 5.31. The van der Waals surface area contributed by atoms with Crippen molar-refractivity contribution in [1.82, 2.24) is 15.6 Å². The van der Waals surface area contributed by atoms with Gasteiger partial charge in [-0.3, -0.25) is 20.7 Å². The number of H-pyrrole nitrogens is 1. The van der Waals surface area contributed by atoms with E-state index in [4.69, 9.17) is 0 Å². The third-order valence-corrected chi connectivity index (χ3v) is 2.27. The van der Waals surface area contributed by atoms with E-state index in [0.717, 1.165) is 5.69 Å². The molecular weight excluding hydrogens is 235 g/mol. The molecule has 1 aromatic heterocycles. The van der Waals surface area contributed by atoms with Crippen molar-refractivity contribution in [1.29, 1.82) is 0 Å². The molecule has 18 heavy (non-hydrogen) atoms. The quantitative estimate of drug-likeness (QED) is 0.719. The summed E-state index contributed by atoms with van der Waals surface area (Å²) in [5.74, 6) is -0.608. The molecule has 0 bridgehead atoms. The van der Waals surface area contributed by atoms with E-state index >= 15 is 0 Å². The van der Waals surface area contributed by atoms with Crippen LogP contribution in [0.1, 0.15) is 11.4 Å². The first-order chi connectivity index (χ1) is 8.63. The minimum atomic E-state index is -0.364. The molecule has 1 aromatic carbocycles. The fraction of sp³-hybridized carbons (Fsp3) is 0.167. The number of benzene rings is 1. The smallest absolute Gasteiger partial charge is 0.244 e. The van der Waals surface area contributed by atoms with Gasteiger partial charge in [-0.15, -0.1) is 0 Å². The molecule has 5 nitrogen and oxygen atoms in total. The summed E-state index contributed by atoms with van der Waals surface area (Å²) in [7, 11) is 0. The van der Waals surface area contributed by atoms with Crippen molar-refractivity contribution >= 4 is 11.6 Å². The average molecular weight is 248 g/mol. The van der Waals surface area contributed by atoms with Crippen LogP contribution in [0.15, 0.2) is 30.3 Å². The lowest BCUT2D eigenvalue weighted by molar-refractivity contribution is -0.120. The van der Waals surface area contributed by atoms with Crippen LogP contribution in [0.25, 0.3) is 0 Å². The molecule has 0 fully saturated rings. The van der Waals surface area contributed by atoms with Gasteiger partial charge in [-0.1, -0.05) is 6.07 Å². The predicted octanol–water partition coefficient (Wildman–Crippen LogP) is 1.54. The highest BCUT2D eigenvalue weighted by molar-refractivity contribution is 5.79. The van der Waals surface area contributed by atoms with Crippen molar-refractivity contribution in [3.8, 4) is 0 Å². The van der Waals surface area contributed by atoms with Crippen LogP contribution in [-0.4, -0.2) is 16.1 Å². The van der Waals surface area contributed by atoms with E-state index in [1.54, 1.807) is 18.2 Å². The molecule has 0 spiro atoms. The van der Waals surface area contributed by atoms with Gasteiger partial charge in [0.2, 0.25) is 5.91 Å². The van der Waals surface area contributed by atoms with E-state index in [1.165, 1.54) is 12.1 Å². The Morgan fingerprint density at radius 1 is 1.44 bits per heavy atom. The van der Waals surface area contributed by atoms with Crippen LogP contribution in [0.5, 0.6) is 0 Å². The van der Waals surface area contributed by atoms with E-state index in [9.17, 15) is 9.18 Å². The summed E-state index contributed by atoms with van der Waals surface area (Å²) in [5, 5.41) is 6.71. The molecule has 0 saturated heterocycles. The topological polar surface area (TPSA) is 69.8 Å². The monoisotopic (exact) mass is 248 g/mol. The number of aryl methyl sites for hydroxylation is 1. The van der Waals surface area contributed by atoms with Gasteiger partial charge in [0.1, 0.15) is 5.82 Å². The molecule has 1 amide bonds. The number of nitrogens with zero attached hydrogens (tertiary/aromatic N) is 1. The van der Waals surface area contributed by atoms with Crippen molar-refractivity contribution in [2.45, 2.75) is 13.3 Å². The van der Waals surface area contributed by atoms with Gasteiger partial charge in [0.05, 0.1) is 17.8 Å². The number of hydrazine groups is 1. The number of aromatic nitrogens is 2. The maximum absolute atomic E-state index is 12.9. The van der Waals surface area contributed by atoms with Crippen LogP contribution in [0.2, 0.25) is 0 Å². The number of nitrogens with one attached hydrogen (secondary N) is 3. The summed E-state index contributed by atoms with van der Waals surface area (Å²) in [6, 6.07) is 7.63. The van der Waals surface area contributed by atoms with Crippen LogP contribution in [0.4, 0.5) is 10.1 Å². The summed E-state index contributed by atoms with van der Waals surface area (Å²) >= 11 is 0. The summed E-state index contributed by atoms with van der Waals surface area (Å²) in [6.07, 6.45) is 0.159. The standard InChI is InChI=1S/C12H13FN4O/c1-8-5-11(16-14-8)7-12(18)17-15-10-4-2-3-9(13)6-10/h2-6,15H,7H2,1H3,(H,14,16)(H,17,18). The first kappa shape index (κ1) is 12.1. The van der Waals surface area contributed by atoms with Crippen LogP contribution >= 0.6 is 0 Å². The molecule has 1 heterocycles. The predicted molar refractivity (Wildman–Crippen MR) is 65.2 cm³/mol. The highest BCUT2D eigenvalue weighted by Crippen LogP contribution is 2.07. The lowest BCUT2D eigenvalue weighted by Crippen LogP contribution is -2.30. The van der Waals surface area contributed by atoms with Gasteiger partial charge in [0.25, 0.3) is 0 Å². The molecular formula is C12H13FN4O. The number of carbonyl (C=O) groups excluding carboxylic acids is 1. The fourth-order valence-corrected chi connectivity index (χ4v) is 1.48. The van der Waals surface area contributed by atoms with E-state index < -0.39 is 0 Å². The van der Waals surface area contributed by atoms with Gasteiger partial charge in [0.15, 0.2) is 0 Å². The third-order valence-electron chi connectivity index (χ3n) is 2.27. The fourth-order valence-electron chi connectivity index (χ4n) is 1.48. The zero-order valence-corrected chi connectivity index (χ0v) is 9.83. The van der Waals surface area contributed by atoms with E-state index in [1.807, 2.05) is 6.92 Å². The lowest BCUT2D eigenvalue weighted by Gasteiger charge is -2.07. The Balaban J connectivity index is 1.85. The Kier molecular flexibility index (Phi) is 3.57. The van der Waals surface area contributed by atoms with Crippen LogP contribution < -0.4 is 10.9 Å². The largest absolute Gasteiger partial charge is 0.299 e. The number of anilines is 1. The van der Waals surface area contributed by atoms with Gasteiger partial charge in [-0.05, 0) is 31.2 Å². The van der Waals surface area contributed by atoms with Crippen molar-refractivity contribution in [2.75, 3.05) is 5.43 Å². The number of halogens is 1. The molecule has 0 aliphatic rings. The van der Waals surface area contributed by atoms with Crippen molar-refractivity contribution in [3.63, 3.8) is 0 Å². The summed E-state index contributed by atoms with van der Waals surface area (Å²) < 4.78 is 12.9. The zero-order valence-electron chi connectivity index (χ0n) is 9.83. The van der Waals surface area contributed by atoms with Gasteiger partial charge < -0.3 is 0 Å². The number of hydrogen-bond donors (Lipinski definition) is 3. The van der Waals surface area contributed by atoms with E-state index in [2.05, 4.69) is 21.0 Å². The van der Waals surface area contributed by atoms with Crippen LogP contribution in [0, 0.1) is 12.7 Å². The van der Waals surface area contributed by atoms with Gasteiger partial charge >= 0.3 is 0 Å². The van der Waals surface area contributed by atoms with Crippen molar-refractivity contribution in [3.05, 3.63) is 47.5 Å². The SMILES string of the molecule is Cc1cc(CC(=O)NNc2cccc(F)c2)n[nH]1. The molecule has 3 N–H and O–H groups in total. The maximum Gasteiger partial charge on any atom is 0.244 e. The van der Waals surface area contributed by atoms with Crippen molar-refractivity contribution < 1.29 is 9.18 Å². The van der Waals surface area contributed by atoms with E-state index in [-0.39, 0.29) is 18.1 Å². The molecule has 0 aliphatic heterocycles. The molecule has 0 unspecified atom stereocenters. The first-order valence-corrected chi connectivity index (χ1v) is 5.45. The molecule has 0 aliphatic carbocycles. The Bertz CT molecular complexity index is 553. The number of hydrogen-bond acceptors (Lipinski definition) is 3. The van der Waals surface area contributed by atoms with Gasteiger partial charge in [-0.25, -0.2) is 4.39 Å². The summed E-state index contributed by atoms with van der Waals surface area (Å²) in [5.41, 5.74) is 7.15. The Morgan fingerprint density at radius 3 is 2.94 bits per heavy atom. The maximum atomic E-state index is 12.9. The van der Waals surface area contributed by atoms with Crippen LogP contribution in [-0.2, 0) is 11.2 Å². The summed E-state index contributed by atoms with van der Waals surface area (Å²) in [4.78, 5) is 11.6. The van der Waals surface area contributed by atoms with Gasteiger partial charge in [0, 0.05) is 5.69 Å². The van der Waals surface area contributed by atoms with Crippen molar-refractivity contribution in [2.24, 2.45) is 0 Å². The van der Waals surface area contributed by atoms with Gasteiger partial charge in [-0.2, -0.15) is 5.10 Å². The van der Waals surface area contributed by atoms with E-state index in [0.29, 0.717) is 11.4 Å². The minimum Gasteiger partial charge on any atom is -0.299 e. The highest BCUT2D eigenvalue weighted by Gasteiger charge is 2.05. The normalized spacial score (nSPS) is 10.1. The second-order valence-electron chi connectivity index (χ2n) is 3.90. The average Bonchev–Trinajstić information content (AvgIpc) is 2.72. The Hall–Kier alpha value is -2.37. The minimum absolute atomic E-state index is 0.159. The number of rotatable bonds is 4. The molecule has 6 heteroatoms. The highest BCUT2D eigenvalue weighted by atomic mass is 19.1. The molecule has 2 aromatic rings.